The van der Waals surface area contributed by atoms with Crippen LogP contribution in [0.2, 0.25) is 0 Å². The predicted molar refractivity (Wildman–Crippen MR) is 157 cm³/mol. The standard InChI is InChI=1S/C33H33N3O6/c1-31(2,3)42-30(39)35-33(17-32(4,40)18-33)23-13-10-20(11-14-23)26-27(21-8-6-5-7-9-21)36-19-41-25-16-22(29(37)38)12-15-24(25)28(36)34-26/h5-16,40H,17-19H2,1-4H3,(H,35,39)(H,37,38). The molecule has 1 amide bonds. The van der Waals surface area contributed by atoms with E-state index >= 15 is 0 Å². The Morgan fingerprint density at radius 3 is 2.31 bits per heavy atom. The molecular weight excluding hydrogens is 534 g/mol. The van der Waals surface area contributed by atoms with Gasteiger partial charge >= 0.3 is 12.1 Å². The van der Waals surface area contributed by atoms with Gasteiger partial charge < -0.3 is 25.0 Å². The third-order valence-corrected chi connectivity index (χ3v) is 7.65. The molecule has 1 aliphatic carbocycles. The highest BCUT2D eigenvalue weighted by molar-refractivity contribution is 5.90. The average Bonchev–Trinajstić information content (AvgIpc) is 3.31. The Bertz CT molecular complexity index is 1680. The predicted octanol–water partition coefficient (Wildman–Crippen LogP) is 6.20. The van der Waals surface area contributed by atoms with Gasteiger partial charge in [0.2, 0.25) is 0 Å². The van der Waals surface area contributed by atoms with Crippen molar-refractivity contribution in [3.05, 3.63) is 83.9 Å². The minimum atomic E-state index is -1.02. The summed E-state index contributed by atoms with van der Waals surface area (Å²) >= 11 is 0. The third-order valence-electron chi connectivity index (χ3n) is 7.65. The number of imidazole rings is 1. The molecule has 0 atom stereocenters. The van der Waals surface area contributed by atoms with Gasteiger partial charge in [-0.25, -0.2) is 14.6 Å². The normalized spacial score (nSPS) is 20.9. The first-order valence-electron chi connectivity index (χ1n) is 13.9. The van der Waals surface area contributed by atoms with E-state index in [4.69, 9.17) is 14.5 Å². The first-order chi connectivity index (χ1) is 19.8. The van der Waals surface area contributed by atoms with Gasteiger partial charge in [0.1, 0.15) is 17.2 Å². The van der Waals surface area contributed by atoms with Crippen LogP contribution in [0.5, 0.6) is 5.75 Å². The van der Waals surface area contributed by atoms with Crippen LogP contribution in [0.15, 0.2) is 72.8 Å². The van der Waals surface area contributed by atoms with Crippen LogP contribution in [0.25, 0.3) is 33.9 Å². The zero-order valence-corrected chi connectivity index (χ0v) is 24.0. The summed E-state index contributed by atoms with van der Waals surface area (Å²) in [7, 11) is 0. The number of nitrogens with zero attached hydrogens (tertiary/aromatic N) is 2. The fourth-order valence-corrected chi connectivity index (χ4v) is 6.03. The average molecular weight is 568 g/mol. The molecular formula is C33H33N3O6. The maximum absolute atomic E-state index is 12.7. The number of rotatable bonds is 5. The Morgan fingerprint density at radius 2 is 1.69 bits per heavy atom. The molecule has 216 valence electrons. The Kier molecular flexibility index (Phi) is 6.38. The van der Waals surface area contributed by atoms with Gasteiger partial charge in [0.25, 0.3) is 0 Å². The van der Waals surface area contributed by atoms with E-state index in [1.807, 2.05) is 79.9 Å². The number of carboxylic acids is 1. The van der Waals surface area contributed by atoms with Crippen LogP contribution >= 0.6 is 0 Å². The first-order valence-corrected chi connectivity index (χ1v) is 13.9. The van der Waals surface area contributed by atoms with Crippen LogP contribution in [-0.2, 0) is 17.0 Å². The molecule has 1 saturated carbocycles. The van der Waals surface area contributed by atoms with Crippen LogP contribution in [-0.4, -0.2) is 43.0 Å². The highest BCUT2D eigenvalue weighted by Gasteiger charge is 2.53. The molecule has 1 aliphatic heterocycles. The molecule has 0 unspecified atom stereocenters. The first kappa shape index (κ1) is 27.5. The van der Waals surface area contributed by atoms with E-state index in [-0.39, 0.29) is 12.3 Å². The number of hydrogen-bond donors (Lipinski definition) is 3. The van der Waals surface area contributed by atoms with Gasteiger partial charge in [-0.15, -0.1) is 0 Å². The number of amides is 1. The second-order valence-electron chi connectivity index (χ2n) is 12.4. The molecule has 3 aromatic carbocycles. The van der Waals surface area contributed by atoms with Crippen LogP contribution in [0.3, 0.4) is 0 Å². The van der Waals surface area contributed by atoms with E-state index in [1.165, 1.54) is 6.07 Å². The number of aromatic carboxylic acids is 1. The van der Waals surface area contributed by atoms with Crippen LogP contribution in [0.1, 0.15) is 56.5 Å². The van der Waals surface area contributed by atoms with E-state index in [2.05, 4.69) is 5.32 Å². The van der Waals surface area contributed by atoms with Crippen molar-refractivity contribution in [2.75, 3.05) is 0 Å². The molecule has 1 fully saturated rings. The van der Waals surface area contributed by atoms with Crippen molar-refractivity contribution < 1.29 is 29.3 Å². The second kappa shape index (κ2) is 9.73. The number of aliphatic hydroxyl groups is 1. The van der Waals surface area contributed by atoms with E-state index < -0.39 is 28.8 Å². The van der Waals surface area contributed by atoms with Crippen molar-refractivity contribution in [1.29, 1.82) is 0 Å². The molecule has 0 saturated heterocycles. The molecule has 9 nitrogen and oxygen atoms in total. The van der Waals surface area contributed by atoms with Gasteiger partial charge in [-0.3, -0.25) is 4.57 Å². The quantitative estimate of drug-likeness (QED) is 0.263. The fourth-order valence-electron chi connectivity index (χ4n) is 6.03. The monoisotopic (exact) mass is 567 g/mol. The number of fused-ring (bicyclic) bond motifs is 3. The van der Waals surface area contributed by atoms with Gasteiger partial charge in [-0.2, -0.15) is 0 Å². The van der Waals surface area contributed by atoms with Crippen molar-refractivity contribution in [2.45, 2.75) is 64.0 Å². The molecule has 6 rings (SSSR count). The van der Waals surface area contributed by atoms with Crippen LogP contribution in [0, 0.1) is 0 Å². The lowest BCUT2D eigenvalue weighted by Gasteiger charge is -2.52. The molecule has 0 radical (unpaired) electrons. The highest BCUT2D eigenvalue weighted by atomic mass is 16.6. The summed E-state index contributed by atoms with van der Waals surface area (Å²) in [6.07, 6.45) is 0.193. The topological polar surface area (TPSA) is 123 Å². The molecule has 2 heterocycles. The third kappa shape index (κ3) is 5.00. The fraction of sp³-hybridized carbons (Fsp3) is 0.303. The van der Waals surface area contributed by atoms with Crippen molar-refractivity contribution in [1.82, 2.24) is 14.9 Å². The lowest BCUT2D eigenvalue weighted by Crippen LogP contribution is -2.62. The highest BCUT2D eigenvalue weighted by Crippen LogP contribution is 2.49. The smallest absolute Gasteiger partial charge is 0.408 e. The zero-order chi connectivity index (χ0) is 29.9. The van der Waals surface area contributed by atoms with Crippen molar-refractivity contribution in [3.8, 4) is 39.7 Å². The summed E-state index contributed by atoms with van der Waals surface area (Å²) in [6.45, 7) is 7.38. The number of carbonyl (C=O) groups excluding carboxylic acids is 1. The lowest BCUT2D eigenvalue weighted by atomic mass is 9.62. The Labute approximate surface area is 243 Å². The number of benzene rings is 3. The second-order valence-corrected chi connectivity index (χ2v) is 12.4. The van der Waals surface area contributed by atoms with Crippen LogP contribution in [0.4, 0.5) is 4.79 Å². The summed E-state index contributed by atoms with van der Waals surface area (Å²) < 4.78 is 13.5. The SMILES string of the molecule is CC1(O)CC(NC(=O)OC(C)(C)C)(c2ccc(-c3nc4n(c3-c3ccccc3)COc3cc(C(=O)O)ccc3-4)cc2)C1. The molecule has 3 N–H and O–H groups in total. The number of hydrogen-bond acceptors (Lipinski definition) is 6. The summed E-state index contributed by atoms with van der Waals surface area (Å²) in [6, 6.07) is 22.6. The maximum Gasteiger partial charge on any atom is 0.408 e. The Balaban J connectivity index is 1.41. The van der Waals surface area contributed by atoms with E-state index in [9.17, 15) is 19.8 Å². The number of nitrogens with one attached hydrogen (secondary N) is 1. The molecule has 4 aromatic rings. The van der Waals surface area contributed by atoms with Gasteiger partial charge in [0.05, 0.1) is 33.7 Å². The van der Waals surface area contributed by atoms with Gasteiger partial charge in [0, 0.05) is 24.0 Å². The minimum absolute atomic E-state index is 0.150. The summed E-state index contributed by atoms with van der Waals surface area (Å²) in [5.74, 6) is 0.137. The summed E-state index contributed by atoms with van der Waals surface area (Å²) in [5.41, 5.74) is 2.87. The summed E-state index contributed by atoms with van der Waals surface area (Å²) in [5, 5.41) is 23.1. The maximum atomic E-state index is 12.7. The van der Waals surface area contributed by atoms with Crippen molar-refractivity contribution >= 4 is 12.1 Å². The molecule has 42 heavy (non-hydrogen) atoms. The van der Waals surface area contributed by atoms with Gasteiger partial charge in [-0.1, -0.05) is 54.6 Å². The summed E-state index contributed by atoms with van der Waals surface area (Å²) in [4.78, 5) is 29.3. The lowest BCUT2D eigenvalue weighted by molar-refractivity contribution is -0.0892. The van der Waals surface area contributed by atoms with Crippen molar-refractivity contribution in [3.63, 3.8) is 0 Å². The zero-order valence-electron chi connectivity index (χ0n) is 24.0. The Hall–Kier alpha value is -4.63. The molecule has 9 heteroatoms. The molecule has 0 bridgehead atoms. The number of carboxylic acid groups (broad SMARTS) is 1. The van der Waals surface area contributed by atoms with Crippen molar-refractivity contribution in [2.24, 2.45) is 0 Å². The van der Waals surface area contributed by atoms with Gasteiger partial charge in [-0.05, 0) is 51.5 Å². The number of ether oxygens (including phenoxy) is 2. The Morgan fingerprint density at radius 1 is 1.00 bits per heavy atom. The number of carbonyl (C=O) groups is 2. The molecule has 1 aromatic heterocycles. The van der Waals surface area contributed by atoms with Crippen LogP contribution < -0.4 is 10.1 Å². The van der Waals surface area contributed by atoms with Gasteiger partial charge in [0.15, 0.2) is 6.73 Å². The minimum Gasteiger partial charge on any atom is -0.478 e. The van der Waals surface area contributed by atoms with E-state index in [0.29, 0.717) is 30.0 Å². The number of aromatic nitrogens is 2. The number of alkyl carbamates (subject to hydrolysis) is 1. The molecule has 0 spiro atoms. The largest absolute Gasteiger partial charge is 0.478 e. The van der Waals surface area contributed by atoms with E-state index in [1.54, 1.807) is 19.1 Å². The molecule has 2 aliphatic rings. The van der Waals surface area contributed by atoms with E-state index in [0.717, 1.165) is 28.1 Å².